The lowest BCUT2D eigenvalue weighted by Crippen LogP contribution is -2.35. The van der Waals surface area contributed by atoms with Crippen molar-refractivity contribution in [2.45, 2.75) is 49.4 Å². The van der Waals surface area contributed by atoms with Gasteiger partial charge in [-0.3, -0.25) is 9.36 Å². The number of rotatable bonds is 7. The number of carbonyl (C=O) groups excluding carboxylic acids is 1. The second kappa shape index (κ2) is 9.31. The smallest absolute Gasteiger partial charge is 0.233 e. The Kier molecular flexibility index (Phi) is 6.34. The Balaban J connectivity index is 1.50. The Morgan fingerprint density at radius 3 is 2.69 bits per heavy atom. The van der Waals surface area contributed by atoms with E-state index in [0.717, 1.165) is 12.2 Å². The zero-order chi connectivity index (χ0) is 20.1. The summed E-state index contributed by atoms with van der Waals surface area (Å²) in [5.74, 6) is 1.92. The molecule has 1 saturated carbocycles. The van der Waals surface area contributed by atoms with Gasteiger partial charge < -0.3 is 9.73 Å². The molecule has 1 aromatic carbocycles. The summed E-state index contributed by atoms with van der Waals surface area (Å²) >= 11 is 1.41. The molecule has 0 unspecified atom stereocenters. The molecule has 152 valence electrons. The molecule has 6 nitrogen and oxygen atoms in total. The van der Waals surface area contributed by atoms with Gasteiger partial charge in [0.15, 0.2) is 10.9 Å². The molecule has 0 bridgehead atoms. The van der Waals surface area contributed by atoms with Crippen LogP contribution in [0, 0.1) is 5.92 Å². The lowest BCUT2D eigenvalue weighted by molar-refractivity contribution is -0.120. The van der Waals surface area contributed by atoms with Crippen LogP contribution in [0.3, 0.4) is 0 Å². The number of nitrogens with one attached hydrogen (secondary N) is 1. The number of carbonyl (C=O) groups is 1. The van der Waals surface area contributed by atoms with Gasteiger partial charge in [-0.1, -0.05) is 49.2 Å². The quantitative estimate of drug-likeness (QED) is 0.571. The lowest BCUT2D eigenvalue weighted by atomic mass is 9.89. The third-order valence-corrected chi connectivity index (χ3v) is 6.37. The van der Waals surface area contributed by atoms with E-state index in [1.807, 2.05) is 54.0 Å². The summed E-state index contributed by atoms with van der Waals surface area (Å²) in [6.07, 6.45) is 7.94. The summed E-state index contributed by atoms with van der Waals surface area (Å²) < 4.78 is 7.48. The molecular formula is C22H26N4O2S. The predicted octanol–water partition coefficient (Wildman–Crippen LogP) is 4.70. The highest BCUT2D eigenvalue weighted by Crippen LogP contribution is 2.30. The Bertz CT molecular complexity index is 918. The van der Waals surface area contributed by atoms with E-state index in [9.17, 15) is 4.79 Å². The summed E-state index contributed by atoms with van der Waals surface area (Å²) in [5.41, 5.74) is 0.932. The first-order valence-corrected chi connectivity index (χ1v) is 11.1. The molecule has 0 saturated heterocycles. The minimum absolute atomic E-state index is 0.0442. The molecule has 0 aliphatic heterocycles. The van der Waals surface area contributed by atoms with E-state index in [0.29, 0.717) is 22.7 Å². The zero-order valence-electron chi connectivity index (χ0n) is 16.6. The molecule has 1 aliphatic rings. The molecule has 3 aromatic rings. The van der Waals surface area contributed by atoms with Gasteiger partial charge in [0.1, 0.15) is 0 Å². The number of amides is 1. The molecule has 1 N–H and O–H groups in total. The van der Waals surface area contributed by atoms with Crippen LogP contribution in [0.4, 0.5) is 0 Å². The first kappa shape index (κ1) is 19.8. The fourth-order valence-corrected chi connectivity index (χ4v) is 4.60. The van der Waals surface area contributed by atoms with Crippen molar-refractivity contribution in [3.63, 3.8) is 0 Å². The lowest BCUT2D eigenvalue weighted by Gasteiger charge is -2.22. The van der Waals surface area contributed by atoms with Gasteiger partial charge in [-0.2, -0.15) is 0 Å². The Morgan fingerprint density at radius 2 is 1.97 bits per heavy atom. The molecule has 1 aliphatic carbocycles. The second-order valence-electron chi connectivity index (χ2n) is 7.46. The maximum Gasteiger partial charge on any atom is 0.233 e. The van der Waals surface area contributed by atoms with Crippen LogP contribution in [0.2, 0.25) is 0 Å². The molecule has 0 radical (unpaired) electrons. The maximum absolute atomic E-state index is 12.7. The minimum Gasteiger partial charge on any atom is -0.461 e. The molecule has 1 fully saturated rings. The number of furan rings is 1. The zero-order valence-corrected chi connectivity index (χ0v) is 17.4. The molecule has 29 heavy (non-hydrogen) atoms. The average molecular weight is 411 g/mol. The van der Waals surface area contributed by atoms with E-state index in [2.05, 4.69) is 15.5 Å². The molecule has 2 aromatic heterocycles. The molecular weight excluding hydrogens is 384 g/mol. The van der Waals surface area contributed by atoms with Crippen molar-refractivity contribution in [2.75, 3.05) is 6.54 Å². The van der Waals surface area contributed by atoms with Crippen molar-refractivity contribution in [3.8, 4) is 17.3 Å². The largest absolute Gasteiger partial charge is 0.461 e. The van der Waals surface area contributed by atoms with Crippen LogP contribution in [0.25, 0.3) is 17.3 Å². The fourth-order valence-electron chi connectivity index (χ4n) is 3.71. The first-order chi connectivity index (χ1) is 14.2. The number of nitrogens with zero attached hydrogens (tertiary/aromatic N) is 3. The van der Waals surface area contributed by atoms with Gasteiger partial charge in [0.2, 0.25) is 11.7 Å². The van der Waals surface area contributed by atoms with E-state index in [-0.39, 0.29) is 11.2 Å². The van der Waals surface area contributed by atoms with E-state index in [1.165, 1.54) is 43.9 Å². The number of aromatic nitrogens is 3. The van der Waals surface area contributed by atoms with E-state index in [4.69, 9.17) is 4.42 Å². The predicted molar refractivity (Wildman–Crippen MR) is 114 cm³/mol. The standard InChI is InChI=1S/C22H26N4O2S/c1-16(21(27)23-15-17-9-4-2-5-10-17)29-22-25-24-20(19-13-8-14-28-19)26(22)18-11-6-3-7-12-18/h3,6-8,11-14,16-17H,2,4-5,9-10,15H2,1H3,(H,23,27)/t16-/m1/s1. The van der Waals surface area contributed by atoms with Gasteiger partial charge in [-0.25, -0.2) is 0 Å². The van der Waals surface area contributed by atoms with Crippen molar-refractivity contribution >= 4 is 17.7 Å². The minimum atomic E-state index is -0.269. The van der Waals surface area contributed by atoms with Crippen LogP contribution in [-0.4, -0.2) is 32.5 Å². The molecule has 4 rings (SSSR count). The topological polar surface area (TPSA) is 73.0 Å². The number of hydrogen-bond donors (Lipinski definition) is 1. The Morgan fingerprint density at radius 1 is 1.17 bits per heavy atom. The highest BCUT2D eigenvalue weighted by molar-refractivity contribution is 8.00. The third kappa shape index (κ3) is 4.72. The number of thioether (sulfide) groups is 1. The van der Waals surface area contributed by atoms with Gasteiger partial charge in [-0.15, -0.1) is 10.2 Å². The molecule has 0 spiro atoms. The molecule has 7 heteroatoms. The van der Waals surface area contributed by atoms with Crippen molar-refractivity contribution in [3.05, 3.63) is 48.7 Å². The normalized spacial score (nSPS) is 15.9. The Hall–Kier alpha value is -2.54. The highest BCUT2D eigenvalue weighted by atomic mass is 32.2. The SMILES string of the molecule is C[C@@H](Sc1nnc(-c2ccco2)n1-c1ccccc1)C(=O)NCC1CCCCC1. The molecule has 1 atom stereocenters. The summed E-state index contributed by atoms with van der Waals surface area (Å²) in [6, 6.07) is 13.6. The van der Waals surface area contributed by atoms with Crippen LogP contribution in [-0.2, 0) is 4.79 Å². The number of benzene rings is 1. The van der Waals surface area contributed by atoms with Crippen LogP contribution in [0.1, 0.15) is 39.0 Å². The van der Waals surface area contributed by atoms with Crippen LogP contribution >= 0.6 is 11.8 Å². The molecule has 2 heterocycles. The van der Waals surface area contributed by atoms with E-state index in [1.54, 1.807) is 6.26 Å². The van der Waals surface area contributed by atoms with Gasteiger partial charge in [0.25, 0.3) is 0 Å². The average Bonchev–Trinajstić information content (AvgIpc) is 3.43. The van der Waals surface area contributed by atoms with Gasteiger partial charge >= 0.3 is 0 Å². The van der Waals surface area contributed by atoms with Crippen LogP contribution in [0.5, 0.6) is 0 Å². The summed E-state index contributed by atoms with van der Waals surface area (Å²) in [5, 5.41) is 12.2. The van der Waals surface area contributed by atoms with Crippen LogP contribution < -0.4 is 5.32 Å². The van der Waals surface area contributed by atoms with Crippen molar-refractivity contribution in [1.29, 1.82) is 0 Å². The van der Waals surface area contributed by atoms with Crippen molar-refractivity contribution < 1.29 is 9.21 Å². The number of para-hydroxylation sites is 1. The van der Waals surface area contributed by atoms with Gasteiger partial charge in [-0.05, 0) is 49.9 Å². The summed E-state index contributed by atoms with van der Waals surface area (Å²) in [7, 11) is 0. The maximum atomic E-state index is 12.7. The summed E-state index contributed by atoms with van der Waals surface area (Å²) in [4.78, 5) is 12.7. The van der Waals surface area contributed by atoms with Gasteiger partial charge in [0.05, 0.1) is 11.5 Å². The second-order valence-corrected chi connectivity index (χ2v) is 8.77. The van der Waals surface area contributed by atoms with Gasteiger partial charge in [0, 0.05) is 12.2 Å². The fraction of sp³-hybridized carbons (Fsp3) is 0.409. The van der Waals surface area contributed by atoms with Crippen molar-refractivity contribution in [2.24, 2.45) is 5.92 Å². The Labute approximate surface area is 175 Å². The first-order valence-electron chi connectivity index (χ1n) is 10.2. The monoisotopic (exact) mass is 410 g/mol. The number of hydrogen-bond acceptors (Lipinski definition) is 5. The molecule has 1 amide bonds. The van der Waals surface area contributed by atoms with E-state index < -0.39 is 0 Å². The van der Waals surface area contributed by atoms with E-state index >= 15 is 0 Å². The third-order valence-electron chi connectivity index (χ3n) is 5.33. The van der Waals surface area contributed by atoms with Crippen LogP contribution in [0.15, 0.2) is 58.3 Å². The van der Waals surface area contributed by atoms with Crippen molar-refractivity contribution in [1.82, 2.24) is 20.1 Å². The highest BCUT2D eigenvalue weighted by Gasteiger charge is 2.23. The summed E-state index contributed by atoms with van der Waals surface area (Å²) in [6.45, 7) is 2.68.